The molecule has 1 fully saturated rings. The third-order valence-corrected chi connectivity index (χ3v) is 7.62. The average molecular weight is 535 g/mol. The molecule has 0 saturated carbocycles. The first kappa shape index (κ1) is 25.6. The number of primary amides is 1. The predicted octanol–water partition coefficient (Wildman–Crippen LogP) is 4.29. The van der Waals surface area contributed by atoms with Gasteiger partial charge in [0.05, 0.1) is 16.6 Å². The number of nitrogens with two attached hydrogens (primary N) is 1. The van der Waals surface area contributed by atoms with E-state index in [9.17, 15) is 23.2 Å². The van der Waals surface area contributed by atoms with Gasteiger partial charge in [-0.2, -0.15) is 0 Å². The van der Waals surface area contributed by atoms with Crippen LogP contribution in [0.4, 0.5) is 8.78 Å². The molecular weight excluding hydrogens is 510 g/mol. The summed E-state index contributed by atoms with van der Waals surface area (Å²) < 4.78 is 28.7. The van der Waals surface area contributed by atoms with Crippen LogP contribution in [0.1, 0.15) is 28.8 Å². The van der Waals surface area contributed by atoms with Crippen molar-refractivity contribution < 1.29 is 18.4 Å². The minimum absolute atomic E-state index is 0.215. The summed E-state index contributed by atoms with van der Waals surface area (Å²) in [7, 11) is 0. The van der Waals surface area contributed by atoms with Crippen LogP contribution >= 0.6 is 11.8 Å². The Kier molecular flexibility index (Phi) is 7.24. The number of likely N-dealkylation sites (tertiary alicyclic amines) is 1. The Morgan fingerprint density at radius 2 is 1.71 bits per heavy atom. The molecule has 3 aromatic carbocycles. The molecule has 0 unspecified atom stereocenters. The molecule has 2 N–H and O–H groups in total. The van der Waals surface area contributed by atoms with Gasteiger partial charge in [-0.1, -0.05) is 23.9 Å². The molecule has 4 aromatic rings. The van der Waals surface area contributed by atoms with Crippen molar-refractivity contribution in [1.82, 2.24) is 14.5 Å². The molecule has 0 aliphatic carbocycles. The van der Waals surface area contributed by atoms with Gasteiger partial charge >= 0.3 is 0 Å². The monoisotopic (exact) mass is 534 g/mol. The standard InChI is InChI=1S/C28H24F2N4O3S/c29-20-5-7-22(8-6-20)34-27(37)23-9-4-19(26(36)33-12-10-18(11-13-33)25(31)35)15-24(23)32-28(34)38-16-17-2-1-3-21(30)14-17/h1-9,14-15,18H,10-13,16H2,(H2,31,35). The lowest BCUT2D eigenvalue weighted by Crippen LogP contribution is -2.41. The van der Waals surface area contributed by atoms with E-state index in [0.717, 1.165) is 0 Å². The van der Waals surface area contributed by atoms with Gasteiger partial charge in [0.1, 0.15) is 11.6 Å². The second-order valence-corrected chi connectivity index (χ2v) is 10.1. The fourth-order valence-corrected chi connectivity index (χ4v) is 5.49. The van der Waals surface area contributed by atoms with Crippen molar-refractivity contribution in [2.75, 3.05) is 13.1 Å². The van der Waals surface area contributed by atoms with Crippen LogP contribution in [0.15, 0.2) is 76.7 Å². The molecule has 1 aromatic heterocycles. The van der Waals surface area contributed by atoms with Crippen molar-refractivity contribution >= 4 is 34.5 Å². The third-order valence-electron chi connectivity index (χ3n) is 6.61. The Bertz CT molecular complexity index is 1580. The minimum Gasteiger partial charge on any atom is -0.369 e. The molecule has 5 rings (SSSR count). The second-order valence-electron chi connectivity index (χ2n) is 9.13. The lowest BCUT2D eigenvalue weighted by Gasteiger charge is -2.30. The van der Waals surface area contributed by atoms with E-state index in [-0.39, 0.29) is 29.1 Å². The number of hydrogen-bond acceptors (Lipinski definition) is 5. The van der Waals surface area contributed by atoms with Crippen molar-refractivity contribution in [3.63, 3.8) is 0 Å². The smallest absolute Gasteiger partial charge is 0.266 e. The zero-order valence-electron chi connectivity index (χ0n) is 20.3. The average Bonchev–Trinajstić information content (AvgIpc) is 2.92. The number of aromatic nitrogens is 2. The van der Waals surface area contributed by atoms with Crippen molar-refractivity contribution in [3.05, 3.63) is 99.8 Å². The molecule has 2 heterocycles. The van der Waals surface area contributed by atoms with Crippen molar-refractivity contribution in [1.29, 1.82) is 0 Å². The zero-order valence-corrected chi connectivity index (χ0v) is 21.1. The fraction of sp³-hybridized carbons (Fsp3) is 0.214. The molecule has 0 bridgehead atoms. The first-order chi connectivity index (χ1) is 18.3. The number of thioether (sulfide) groups is 1. The van der Waals surface area contributed by atoms with Crippen LogP contribution in [0.25, 0.3) is 16.6 Å². The van der Waals surface area contributed by atoms with E-state index >= 15 is 0 Å². The normalized spacial score (nSPS) is 14.1. The Hall–Kier alpha value is -4.05. The number of rotatable bonds is 6. The number of carbonyl (C=O) groups is 2. The highest BCUT2D eigenvalue weighted by atomic mass is 32.2. The Morgan fingerprint density at radius 1 is 0.974 bits per heavy atom. The molecule has 0 atom stereocenters. The summed E-state index contributed by atoms with van der Waals surface area (Å²) in [6.45, 7) is 0.831. The molecule has 0 spiro atoms. The first-order valence-corrected chi connectivity index (χ1v) is 13.1. The number of hydrogen-bond donors (Lipinski definition) is 1. The third kappa shape index (κ3) is 5.31. The predicted molar refractivity (Wildman–Crippen MR) is 141 cm³/mol. The van der Waals surface area contributed by atoms with Gasteiger partial charge in [0, 0.05) is 30.3 Å². The van der Waals surface area contributed by atoms with Gasteiger partial charge in [0.2, 0.25) is 5.91 Å². The Morgan fingerprint density at radius 3 is 2.39 bits per heavy atom. The van der Waals surface area contributed by atoms with Crippen LogP contribution in [-0.2, 0) is 10.5 Å². The number of fused-ring (bicyclic) bond motifs is 1. The molecular formula is C28H24F2N4O3S. The summed E-state index contributed by atoms with van der Waals surface area (Å²) in [6.07, 6.45) is 1.02. The highest BCUT2D eigenvalue weighted by molar-refractivity contribution is 7.98. The number of benzene rings is 3. The lowest BCUT2D eigenvalue weighted by molar-refractivity contribution is -0.123. The van der Waals surface area contributed by atoms with E-state index in [1.165, 1.54) is 52.7 Å². The second kappa shape index (κ2) is 10.7. The van der Waals surface area contributed by atoms with Crippen LogP contribution < -0.4 is 11.3 Å². The fourth-order valence-electron chi connectivity index (χ4n) is 4.54. The summed E-state index contributed by atoms with van der Waals surface area (Å²) in [5, 5.41) is 0.624. The first-order valence-electron chi connectivity index (χ1n) is 12.1. The number of halogens is 2. The maximum Gasteiger partial charge on any atom is 0.266 e. The van der Waals surface area contributed by atoms with E-state index in [2.05, 4.69) is 0 Å². The number of carbonyl (C=O) groups excluding carboxylic acids is 2. The Labute approximate surface area is 221 Å². The van der Waals surface area contributed by atoms with E-state index in [4.69, 9.17) is 10.7 Å². The van der Waals surface area contributed by atoms with Crippen molar-refractivity contribution in [2.24, 2.45) is 11.7 Å². The quantitative estimate of drug-likeness (QED) is 0.294. The van der Waals surface area contributed by atoms with Gasteiger partial charge in [-0.05, 0) is 73.0 Å². The van der Waals surface area contributed by atoms with E-state index in [0.29, 0.717) is 64.6 Å². The van der Waals surface area contributed by atoms with Crippen LogP contribution in [0.5, 0.6) is 0 Å². The van der Waals surface area contributed by atoms with Crippen LogP contribution in [-0.4, -0.2) is 39.4 Å². The zero-order chi connectivity index (χ0) is 26.8. The minimum atomic E-state index is -0.437. The van der Waals surface area contributed by atoms with Crippen LogP contribution in [0, 0.1) is 17.6 Å². The van der Waals surface area contributed by atoms with Gasteiger partial charge in [-0.3, -0.25) is 19.0 Å². The SMILES string of the molecule is NC(=O)C1CCN(C(=O)c2ccc3c(=O)n(-c4ccc(F)cc4)c(SCc4cccc(F)c4)nc3c2)CC1. The van der Waals surface area contributed by atoms with Gasteiger partial charge in [-0.15, -0.1) is 0 Å². The summed E-state index contributed by atoms with van der Waals surface area (Å²) in [6, 6.07) is 16.4. The number of nitrogens with zero attached hydrogens (tertiary/aromatic N) is 3. The molecule has 194 valence electrons. The van der Waals surface area contributed by atoms with Gasteiger partial charge in [0.15, 0.2) is 5.16 Å². The van der Waals surface area contributed by atoms with Gasteiger partial charge in [-0.25, -0.2) is 13.8 Å². The van der Waals surface area contributed by atoms with E-state index in [1.54, 1.807) is 35.2 Å². The number of amides is 2. The van der Waals surface area contributed by atoms with E-state index in [1.807, 2.05) is 0 Å². The summed E-state index contributed by atoms with van der Waals surface area (Å²) in [5.41, 5.74) is 6.89. The summed E-state index contributed by atoms with van der Waals surface area (Å²) in [5.74, 6) is -1.27. The van der Waals surface area contributed by atoms with Crippen molar-refractivity contribution in [3.8, 4) is 5.69 Å². The molecule has 7 nitrogen and oxygen atoms in total. The van der Waals surface area contributed by atoms with Gasteiger partial charge in [0.25, 0.3) is 11.5 Å². The molecule has 2 amide bonds. The molecule has 10 heteroatoms. The van der Waals surface area contributed by atoms with Gasteiger partial charge < -0.3 is 10.6 Å². The molecule has 1 saturated heterocycles. The number of piperidine rings is 1. The molecule has 38 heavy (non-hydrogen) atoms. The maximum atomic E-state index is 13.7. The van der Waals surface area contributed by atoms with Crippen LogP contribution in [0.2, 0.25) is 0 Å². The lowest BCUT2D eigenvalue weighted by atomic mass is 9.96. The van der Waals surface area contributed by atoms with E-state index < -0.39 is 5.82 Å². The Balaban J connectivity index is 1.52. The largest absolute Gasteiger partial charge is 0.369 e. The molecule has 1 aliphatic rings. The molecule has 1 aliphatic heterocycles. The molecule has 0 radical (unpaired) electrons. The highest BCUT2D eigenvalue weighted by Crippen LogP contribution is 2.26. The summed E-state index contributed by atoms with van der Waals surface area (Å²) in [4.78, 5) is 44.6. The maximum absolute atomic E-state index is 13.7. The summed E-state index contributed by atoms with van der Waals surface area (Å²) >= 11 is 1.23. The van der Waals surface area contributed by atoms with Crippen molar-refractivity contribution in [2.45, 2.75) is 23.8 Å². The highest BCUT2D eigenvalue weighted by Gasteiger charge is 2.27. The topological polar surface area (TPSA) is 98.3 Å². The van der Waals surface area contributed by atoms with Crippen LogP contribution in [0.3, 0.4) is 0 Å².